The van der Waals surface area contributed by atoms with E-state index >= 15 is 0 Å². The predicted octanol–water partition coefficient (Wildman–Crippen LogP) is 2.33. The molecule has 0 fully saturated rings. The minimum Gasteiger partial charge on any atom is -0.377 e. The fraction of sp³-hybridized carbons (Fsp3) is 0.333. The molecule has 90 valence electrons. The second-order valence-electron chi connectivity index (χ2n) is 4.10. The number of aromatic nitrogens is 3. The maximum absolute atomic E-state index is 4.20. The predicted molar refractivity (Wildman–Crippen MR) is 71.5 cm³/mol. The van der Waals surface area contributed by atoms with Gasteiger partial charge in [0.2, 0.25) is 0 Å². The molecule has 0 aliphatic carbocycles. The molecule has 1 aromatic heterocycles. The Morgan fingerprint density at radius 2 is 1.88 bits per heavy atom. The Morgan fingerprint density at radius 3 is 2.41 bits per heavy atom. The molecule has 0 aliphatic rings. The van der Waals surface area contributed by atoms with E-state index in [1.807, 2.05) is 11.6 Å². The normalized spacial score (nSPS) is 10.6. The molecule has 0 bridgehead atoms. The van der Waals surface area contributed by atoms with Crippen LogP contribution >= 0.6 is 12.6 Å². The summed E-state index contributed by atoms with van der Waals surface area (Å²) in [6.07, 6.45) is 0. The fourth-order valence-corrected chi connectivity index (χ4v) is 1.93. The molecule has 0 radical (unpaired) electrons. The lowest BCUT2D eigenvalue weighted by Gasteiger charge is -2.12. The van der Waals surface area contributed by atoms with E-state index in [1.165, 1.54) is 11.1 Å². The third-order valence-electron chi connectivity index (χ3n) is 2.85. The highest BCUT2D eigenvalue weighted by molar-refractivity contribution is 7.80. The van der Waals surface area contributed by atoms with Crippen LogP contribution in [-0.4, -0.2) is 14.8 Å². The summed E-state index contributed by atoms with van der Waals surface area (Å²) in [5.41, 5.74) is 3.63. The summed E-state index contributed by atoms with van der Waals surface area (Å²) in [5, 5.41) is 12.0. The van der Waals surface area contributed by atoms with Crippen LogP contribution in [-0.2, 0) is 13.6 Å². The van der Waals surface area contributed by atoms with Gasteiger partial charge >= 0.3 is 0 Å². The van der Waals surface area contributed by atoms with Crippen molar-refractivity contribution in [2.45, 2.75) is 25.5 Å². The summed E-state index contributed by atoms with van der Waals surface area (Å²) in [6, 6.07) is 6.25. The molecule has 0 unspecified atom stereocenters. The van der Waals surface area contributed by atoms with E-state index < -0.39 is 0 Å². The molecule has 2 rings (SSSR count). The highest BCUT2D eigenvalue weighted by Gasteiger charge is 2.06. The van der Waals surface area contributed by atoms with Gasteiger partial charge in [-0.3, -0.25) is 0 Å². The number of anilines is 1. The van der Waals surface area contributed by atoms with Crippen molar-refractivity contribution in [1.29, 1.82) is 0 Å². The van der Waals surface area contributed by atoms with Gasteiger partial charge in [0, 0.05) is 12.7 Å². The van der Waals surface area contributed by atoms with Crippen molar-refractivity contribution < 1.29 is 0 Å². The number of aryl methyl sites for hydroxylation is 2. The second-order valence-corrected chi connectivity index (χ2v) is 4.50. The SMILES string of the molecule is Cc1cccc(C)c1NCc1nnc(S)n1C. The third kappa shape index (κ3) is 2.44. The first kappa shape index (κ1) is 12.0. The van der Waals surface area contributed by atoms with Crippen LogP contribution in [0, 0.1) is 13.8 Å². The fourth-order valence-electron chi connectivity index (χ4n) is 1.77. The van der Waals surface area contributed by atoms with E-state index in [0.717, 1.165) is 11.5 Å². The first-order valence-corrected chi connectivity index (χ1v) is 5.91. The second kappa shape index (κ2) is 4.79. The van der Waals surface area contributed by atoms with Crippen molar-refractivity contribution >= 4 is 18.3 Å². The summed E-state index contributed by atoms with van der Waals surface area (Å²) in [7, 11) is 1.91. The monoisotopic (exact) mass is 248 g/mol. The number of thiol groups is 1. The van der Waals surface area contributed by atoms with Gasteiger partial charge in [-0.2, -0.15) is 0 Å². The topological polar surface area (TPSA) is 42.7 Å². The lowest BCUT2D eigenvalue weighted by molar-refractivity contribution is 0.747. The Labute approximate surface area is 106 Å². The molecule has 0 aliphatic heterocycles. The maximum atomic E-state index is 4.20. The average molecular weight is 248 g/mol. The molecule has 0 spiro atoms. The van der Waals surface area contributed by atoms with E-state index in [2.05, 4.69) is 60.2 Å². The third-order valence-corrected chi connectivity index (χ3v) is 3.24. The lowest BCUT2D eigenvalue weighted by Crippen LogP contribution is -2.08. The molecule has 17 heavy (non-hydrogen) atoms. The first-order valence-electron chi connectivity index (χ1n) is 5.47. The Hall–Kier alpha value is -1.49. The summed E-state index contributed by atoms with van der Waals surface area (Å²) >= 11 is 4.20. The van der Waals surface area contributed by atoms with Crippen LogP contribution < -0.4 is 5.32 Å². The van der Waals surface area contributed by atoms with Crippen molar-refractivity contribution in [2.75, 3.05) is 5.32 Å². The lowest BCUT2D eigenvalue weighted by atomic mass is 10.1. The van der Waals surface area contributed by atoms with E-state index in [0.29, 0.717) is 11.7 Å². The minimum absolute atomic E-state index is 0.628. The van der Waals surface area contributed by atoms with E-state index in [-0.39, 0.29) is 0 Å². The van der Waals surface area contributed by atoms with Crippen molar-refractivity contribution in [3.8, 4) is 0 Å². The molecule has 0 amide bonds. The van der Waals surface area contributed by atoms with Crippen LogP contribution in [0.25, 0.3) is 0 Å². The molecule has 1 heterocycles. The highest BCUT2D eigenvalue weighted by atomic mass is 32.1. The van der Waals surface area contributed by atoms with Crippen LogP contribution in [0.2, 0.25) is 0 Å². The molecule has 0 saturated carbocycles. The number of nitrogens with one attached hydrogen (secondary N) is 1. The van der Waals surface area contributed by atoms with Crippen LogP contribution in [0.4, 0.5) is 5.69 Å². The van der Waals surface area contributed by atoms with Crippen molar-refractivity contribution in [2.24, 2.45) is 7.05 Å². The average Bonchev–Trinajstić information content (AvgIpc) is 2.60. The zero-order chi connectivity index (χ0) is 12.4. The minimum atomic E-state index is 0.628. The molecule has 2 aromatic rings. The zero-order valence-electron chi connectivity index (χ0n) is 10.2. The van der Waals surface area contributed by atoms with Crippen LogP contribution in [0.1, 0.15) is 17.0 Å². The zero-order valence-corrected chi connectivity index (χ0v) is 11.1. The van der Waals surface area contributed by atoms with E-state index in [9.17, 15) is 0 Å². The molecule has 1 N–H and O–H groups in total. The van der Waals surface area contributed by atoms with E-state index in [4.69, 9.17) is 0 Å². The Balaban J connectivity index is 2.15. The number of nitrogens with zero attached hydrogens (tertiary/aromatic N) is 3. The van der Waals surface area contributed by atoms with Gasteiger partial charge < -0.3 is 9.88 Å². The van der Waals surface area contributed by atoms with Crippen LogP contribution in [0.15, 0.2) is 23.4 Å². The highest BCUT2D eigenvalue weighted by Crippen LogP contribution is 2.20. The molecular weight excluding hydrogens is 232 g/mol. The first-order chi connectivity index (χ1) is 8.09. The number of benzene rings is 1. The van der Waals surface area contributed by atoms with Gasteiger partial charge in [0.15, 0.2) is 11.0 Å². The largest absolute Gasteiger partial charge is 0.377 e. The molecule has 0 saturated heterocycles. The number of hydrogen-bond donors (Lipinski definition) is 2. The van der Waals surface area contributed by atoms with Gasteiger partial charge in [-0.05, 0) is 25.0 Å². The van der Waals surface area contributed by atoms with Gasteiger partial charge in [-0.1, -0.05) is 18.2 Å². The smallest absolute Gasteiger partial charge is 0.187 e. The van der Waals surface area contributed by atoms with Gasteiger partial charge in [0.25, 0.3) is 0 Å². The number of rotatable bonds is 3. The molecule has 1 aromatic carbocycles. The van der Waals surface area contributed by atoms with Crippen molar-refractivity contribution in [3.05, 3.63) is 35.2 Å². The summed E-state index contributed by atoms with van der Waals surface area (Å²) in [5.74, 6) is 0.873. The van der Waals surface area contributed by atoms with Gasteiger partial charge in [-0.15, -0.1) is 22.8 Å². The summed E-state index contributed by atoms with van der Waals surface area (Å²) < 4.78 is 1.86. The van der Waals surface area contributed by atoms with Crippen LogP contribution in [0.3, 0.4) is 0 Å². The Bertz CT molecular complexity index is 513. The molecule has 0 atom stereocenters. The van der Waals surface area contributed by atoms with Crippen molar-refractivity contribution in [3.63, 3.8) is 0 Å². The van der Waals surface area contributed by atoms with E-state index in [1.54, 1.807) is 0 Å². The Morgan fingerprint density at radius 1 is 1.24 bits per heavy atom. The summed E-state index contributed by atoms with van der Waals surface area (Å²) in [6.45, 7) is 4.84. The molecule has 5 heteroatoms. The standard InChI is InChI=1S/C12H16N4S/c1-8-5-4-6-9(2)11(8)13-7-10-14-15-12(17)16(10)3/h4-6,13H,7H2,1-3H3,(H,15,17). The van der Waals surface area contributed by atoms with Crippen molar-refractivity contribution in [1.82, 2.24) is 14.8 Å². The summed E-state index contributed by atoms with van der Waals surface area (Å²) in [4.78, 5) is 0. The quantitative estimate of drug-likeness (QED) is 0.819. The van der Waals surface area contributed by atoms with Gasteiger partial charge in [-0.25, -0.2) is 0 Å². The Kier molecular flexibility index (Phi) is 3.38. The maximum Gasteiger partial charge on any atom is 0.187 e. The molecule has 4 nitrogen and oxygen atoms in total. The van der Waals surface area contributed by atoms with Gasteiger partial charge in [0.1, 0.15) is 0 Å². The number of para-hydroxylation sites is 1. The van der Waals surface area contributed by atoms with Crippen LogP contribution in [0.5, 0.6) is 0 Å². The number of hydrogen-bond acceptors (Lipinski definition) is 4. The molecular formula is C12H16N4S. The van der Waals surface area contributed by atoms with Gasteiger partial charge in [0.05, 0.1) is 6.54 Å².